The Kier molecular flexibility index (Phi) is 4.88. The standard InChI is InChI=1S/C11H21ClN2O3S/c1-13(11-4-6-17-9-11)18(15,16)14-5-2-3-10(7-12)8-14/h10-11H,2-9H2,1H3. The Morgan fingerprint density at radius 3 is 2.83 bits per heavy atom. The topological polar surface area (TPSA) is 49.9 Å². The molecule has 2 aliphatic heterocycles. The molecule has 5 nitrogen and oxygen atoms in total. The molecule has 0 aromatic heterocycles. The van der Waals surface area contributed by atoms with E-state index in [4.69, 9.17) is 16.3 Å². The third-order valence-corrected chi connectivity index (χ3v) is 6.26. The summed E-state index contributed by atoms with van der Waals surface area (Å²) in [4.78, 5) is 0. The highest BCUT2D eigenvalue weighted by molar-refractivity contribution is 7.86. The Labute approximate surface area is 114 Å². The van der Waals surface area contributed by atoms with Crippen molar-refractivity contribution in [1.82, 2.24) is 8.61 Å². The summed E-state index contributed by atoms with van der Waals surface area (Å²) in [6, 6.07) is -0.0219. The monoisotopic (exact) mass is 296 g/mol. The maximum absolute atomic E-state index is 12.5. The fourth-order valence-electron chi connectivity index (χ4n) is 2.54. The summed E-state index contributed by atoms with van der Waals surface area (Å²) in [5, 5.41) is 0. The molecule has 0 aliphatic carbocycles. The molecule has 106 valence electrons. The molecule has 2 atom stereocenters. The normalized spacial score (nSPS) is 31.1. The van der Waals surface area contributed by atoms with Gasteiger partial charge in [0, 0.05) is 32.6 Å². The second kappa shape index (κ2) is 6.05. The zero-order chi connectivity index (χ0) is 13.2. The maximum atomic E-state index is 12.5. The number of halogens is 1. The zero-order valence-corrected chi connectivity index (χ0v) is 12.3. The van der Waals surface area contributed by atoms with Crippen molar-refractivity contribution in [2.75, 3.05) is 39.2 Å². The SMILES string of the molecule is CN(C1CCOC1)S(=O)(=O)N1CCCC(CCl)C1. The van der Waals surface area contributed by atoms with E-state index >= 15 is 0 Å². The lowest BCUT2D eigenvalue weighted by atomic mass is 10.0. The molecule has 0 saturated carbocycles. The third-order valence-electron chi connectivity index (χ3n) is 3.81. The average Bonchev–Trinajstić information content (AvgIpc) is 2.91. The van der Waals surface area contributed by atoms with Gasteiger partial charge in [-0.3, -0.25) is 0 Å². The first-order valence-corrected chi connectivity index (χ1v) is 8.35. The van der Waals surface area contributed by atoms with Gasteiger partial charge in [-0.05, 0) is 25.2 Å². The van der Waals surface area contributed by atoms with Crippen molar-refractivity contribution >= 4 is 21.8 Å². The molecular weight excluding hydrogens is 276 g/mol. The molecule has 18 heavy (non-hydrogen) atoms. The number of rotatable bonds is 4. The summed E-state index contributed by atoms with van der Waals surface area (Å²) >= 11 is 5.85. The predicted molar refractivity (Wildman–Crippen MR) is 70.9 cm³/mol. The molecule has 2 heterocycles. The first kappa shape index (κ1) is 14.5. The summed E-state index contributed by atoms with van der Waals surface area (Å²) in [5.41, 5.74) is 0. The summed E-state index contributed by atoms with van der Waals surface area (Å²) in [7, 11) is -1.71. The molecule has 0 aromatic rings. The number of hydrogen-bond donors (Lipinski definition) is 0. The quantitative estimate of drug-likeness (QED) is 0.725. The number of alkyl halides is 1. The van der Waals surface area contributed by atoms with Gasteiger partial charge >= 0.3 is 0 Å². The Morgan fingerprint density at radius 1 is 1.44 bits per heavy atom. The van der Waals surface area contributed by atoms with E-state index in [1.54, 1.807) is 11.4 Å². The van der Waals surface area contributed by atoms with Crippen LogP contribution in [0.3, 0.4) is 0 Å². The molecule has 2 saturated heterocycles. The lowest BCUT2D eigenvalue weighted by Gasteiger charge is -2.35. The minimum Gasteiger partial charge on any atom is -0.380 e. The van der Waals surface area contributed by atoms with Crippen LogP contribution in [-0.4, -0.2) is 62.3 Å². The van der Waals surface area contributed by atoms with Crippen molar-refractivity contribution in [1.29, 1.82) is 0 Å². The smallest absolute Gasteiger partial charge is 0.282 e. The molecule has 0 bridgehead atoms. The summed E-state index contributed by atoms with van der Waals surface area (Å²) in [6.45, 7) is 2.30. The van der Waals surface area contributed by atoms with Gasteiger partial charge in [0.25, 0.3) is 10.2 Å². The second-order valence-corrected chi connectivity index (χ2v) is 7.36. The number of piperidine rings is 1. The number of likely N-dealkylation sites (N-methyl/N-ethyl adjacent to an activating group) is 1. The van der Waals surface area contributed by atoms with E-state index in [1.165, 1.54) is 4.31 Å². The molecule has 2 fully saturated rings. The molecule has 2 rings (SSSR count). The lowest BCUT2D eigenvalue weighted by molar-refractivity contribution is 0.177. The molecular formula is C11H21ClN2O3S. The van der Waals surface area contributed by atoms with Crippen LogP contribution >= 0.6 is 11.6 Å². The van der Waals surface area contributed by atoms with Crippen LogP contribution in [-0.2, 0) is 14.9 Å². The largest absolute Gasteiger partial charge is 0.380 e. The van der Waals surface area contributed by atoms with E-state index in [2.05, 4.69) is 0 Å². The predicted octanol–water partition coefficient (Wildman–Crippen LogP) is 0.903. The number of hydrogen-bond acceptors (Lipinski definition) is 3. The van der Waals surface area contributed by atoms with Gasteiger partial charge in [-0.1, -0.05) is 0 Å². The van der Waals surface area contributed by atoms with Crippen molar-refractivity contribution in [3.05, 3.63) is 0 Å². The van der Waals surface area contributed by atoms with Gasteiger partial charge in [0.2, 0.25) is 0 Å². The molecule has 2 aliphatic rings. The second-order valence-electron chi connectivity index (χ2n) is 5.06. The van der Waals surface area contributed by atoms with Gasteiger partial charge in [0.15, 0.2) is 0 Å². The van der Waals surface area contributed by atoms with Crippen molar-refractivity contribution < 1.29 is 13.2 Å². The first-order chi connectivity index (χ1) is 8.55. The van der Waals surface area contributed by atoms with Crippen LogP contribution in [0.2, 0.25) is 0 Å². The fourth-order valence-corrected chi connectivity index (χ4v) is 4.46. The van der Waals surface area contributed by atoms with Crippen LogP contribution < -0.4 is 0 Å². The van der Waals surface area contributed by atoms with Crippen molar-refractivity contribution in [3.8, 4) is 0 Å². The number of nitrogens with zero attached hydrogens (tertiary/aromatic N) is 2. The Balaban J connectivity index is 2.04. The van der Waals surface area contributed by atoms with Gasteiger partial charge < -0.3 is 4.74 Å². The van der Waals surface area contributed by atoms with Crippen LogP contribution in [0.4, 0.5) is 0 Å². The first-order valence-electron chi connectivity index (χ1n) is 6.42. The van der Waals surface area contributed by atoms with E-state index in [0.717, 1.165) is 19.3 Å². The Bertz CT molecular complexity index is 370. The zero-order valence-electron chi connectivity index (χ0n) is 10.7. The molecule has 0 N–H and O–H groups in total. The minimum atomic E-state index is -3.36. The van der Waals surface area contributed by atoms with Gasteiger partial charge in [-0.25, -0.2) is 0 Å². The van der Waals surface area contributed by atoms with Crippen molar-refractivity contribution in [3.63, 3.8) is 0 Å². The maximum Gasteiger partial charge on any atom is 0.282 e. The molecule has 7 heteroatoms. The average molecular weight is 297 g/mol. The van der Waals surface area contributed by atoms with Gasteiger partial charge in [0.1, 0.15) is 0 Å². The summed E-state index contributed by atoms with van der Waals surface area (Å²) in [6.07, 6.45) is 2.69. The summed E-state index contributed by atoms with van der Waals surface area (Å²) < 4.78 is 33.3. The van der Waals surface area contributed by atoms with Crippen LogP contribution in [0.15, 0.2) is 0 Å². The van der Waals surface area contributed by atoms with Crippen molar-refractivity contribution in [2.24, 2.45) is 5.92 Å². The molecule has 2 unspecified atom stereocenters. The lowest BCUT2D eigenvalue weighted by Crippen LogP contribution is -2.50. The third kappa shape index (κ3) is 2.99. The van der Waals surface area contributed by atoms with Crippen LogP contribution in [0.5, 0.6) is 0 Å². The fraction of sp³-hybridized carbons (Fsp3) is 1.00. The molecule has 0 radical (unpaired) electrons. The Hall–Kier alpha value is 0.120. The van der Waals surface area contributed by atoms with Crippen LogP contribution in [0.25, 0.3) is 0 Å². The van der Waals surface area contributed by atoms with Crippen LogP contribution in [0, 0.1) is 5.92 Å². The highest BCUT2D eigenvalue weighted by Gasteiger charge is 2.36. The van der Waals surface area contributed by atoms with E-state index in [1.807, 2.05) is 0 Å². The number of ether oxygens (including phenoxy) is 1. The van der Waals surface area contributed by atoms with E-state index < -0.39 is 10.2 Å². The molecule has 0 amide bonds. The van der Waals surface area contributed by atoms with Gasteiger partial charge in [0.05, 0.1) is 12.6 Å². The minimum absolute atomic E-state index is 0.0219. The van der Waals surface area contributed by atoms with Gasteiger partial charge in [-0.2, -0.15) is 17.0 Å². The molecule has 0 spiro atoms. The van der Waals surface area contributed by atoms with Crippen LogP contribution in [0.1, 0.15) is 19.3 Å². The van der Waals surface area contributed by atoms with E-state index in [0.29, 0.717) is 32.2 Å². The highest BCUT2D eigenvalue weighted by atomic mass is 35.5. The van der Waals surface area contributed by atoms with E-state index in [9.17, 15) is 8.42 Å². The summed E-state index contributed by atoms with van der Waals surface area (Å²) in [5.74, 6) is 0.811. The molecule has 0 aromatic carbocycles. The van der Waals surface area contributed by atoms with E-state index in [-0.39, 0.29) is 12.0 Å². The van der Waals surface area contributed by atoms with Gasteiger partial charge in [-0.15, -0.1) is 11.6 Å². The highest BCUT2D eigenvalue weighted by Crippen LogP contribution is 2.24. The Morgan fingerprint density at radius 2 is 2.22 bits per heavy atom. The van der Waals surface area contributed by atoms with Crippen molar-refractivity contribution in [2.45, 2.75) is 25.3 Å².